The molecule has 2 N–H and O–H groups in total. The first-order valence-corrected chi connectivity index (χ1v) is 10.9. The third kappa shape index (κ3) is 6.09. The average molecular weight is 473 g/mol. The van der Waals surface area contributed by atoms with Crippen molar-refractivity contribution < 1.29 is 14.3 Å². The van der Waals surface area contributed by atoms with Crippen LogP contribution in [0.25, 0.3) is 0 Å². The Hall–Kier alpha value is -2.89. The number of rotatable bonds is 8. The van der Waals surface area contributed by atoms with Crippen molar-refractivity contribution in [1.82, 2.24) is 0 Å². The zero-order valence-electron chi connectivity index (χ0n) is 18.5. The van der Waals surface area contributed by atoms with Gasteiger partial charge < -0.3 is 20.1 Å². The molecule has 1 amide bonds. The van der Waals surface area contributed by atoms with Crippen molar-refractivity contribution in [3.8, 4) is 11.5 Å². The van der Waals surface area contributed by atoms with E-state index in [4.69, 9.17) is 32.7 Å². The zero-order valence-corrected chi connectivity index (χ0v) is 20.0. The maximum Gasteiger partial charge on any atom is 0.262 e. The predicted molar refractivity (Wildman–Crippen MR) is 132 cm³/mol. The number of hydrogen-bond donors (Lipinski definition) is 2. The monoisotopic (exact) mass is 472 g/mol. The van der Waals surface area contributed by atoms with Gasteiger partial charge in [0.1, 0.15) is 0 Å². The second kappa shape index (κ2) is 10.6. The number of carbonyl (C=O) groups is 1. The fraction of sp³-hybridized carbons (Fsp3) is 0.240. The summed E-state index contributed by atoms with van der Waals surface area (Å²) in [4.78, 5) is 12.3. The summed E-state index contributed by atoms with van der Waals surface area (Å²) < 4.78 is 11.1. The number of carbonyl (C=O) groups excluding carboxylic acids is 1. The van der Waals surface area contributed by atoms with Gasteiger partial charge >= 0.3 is 0 Å². The molecule has 0 unspecified atom stereocenters. The highest BCUT2D eigenvalue weighted by molar-refractivity contribution is 6.32. The van der Waals surface area contributed by atoms with Crippen LogP contribution in [0.4, 0.5) is 11.4 Å². The van der Waals surface area contributed by atoms with Gasteiger partial charge in [0.05, 0.1) is 12.1 Å². The average Bonchev–Trinajstić information content (AvgIpc) is 2.75. The molecular weight excluding hydrogens is 447 g/mol. The normalized spacial score (nSPS) is 10.6. The van der Waals surface area contributed by atoms with Gasteiger partial charge in [-0.25, -0.2) is 0 Å². The lowest BCUT2D eigenvalue weighted by atomic mass is 10.1. The Morgan fingerprint density at radius 1 is 0.938 bits per heavy atom. The molecule has 3 aromatic carbocycles. The molecule has 0 bridgehead atoms. The molecule has 3 rings (SSSR count). The second-order valence-corrected chi connectivity index (χ2v) is 8.40. The molecule has 32 heavy (non-hydrogen) atoms. The number of hydrogen-bond acceptors (Lipinski definition) is 4. The minimum atomic E-state index is -0.330. The zero-order chi connectivity index (χ0) is 23.3. The summed E-state index contributed by atoms with van der Waals surface area (Å²) in [5.41, 5.74) is 5.87. The molecule has 0 atom stereocenters. The quantitative estimate of drug-likeness (QED) is 0.389. The van der Waals surface area contributed by atoms with Crippen molar-refractivity contribution in [2.75, 3.05) is 24.4 Å². The van der Waals surface area contributed by atoms with Crippen molar-refractivity contribution in [1.29, 1.82) is 0 Å². The summed E-state index contributed by atoms with van der Waals surface area (Å²) in [5, 5.41) is 7.13. The van der Waals surface area contributed by atoms with Gasteiger partial charge in [-0.1, -0.05) is 41.4 Å². The number of aryl methyl sites for hydroxylation is 3. The van der Waals surface area contributed by atoms with Crippen molar-refractivity contribution in [2.24, 2.45) is 0 Å². The first kappa shape index (κ1) is 23.8. The Bertz CT molecular complexity index is 1130. The molecule has 0 aliphatic rings. The lowest BCUT2D eigenvalue weighted by Gasteiger charge is -2.16. The van der Waals surface area contributed by atoms with E-state index in [1.165, 1.54) is 12.7 Å². The molecule has 0 saturated heterocycles. The molecule has 0 spiro atoms. The van der Waals surface area contributed by atoms with E-state index in [-0.39, 0.29) is 12.5 Å². The fourth-order valence-corrected chi connectivity index (χ4v) is 3.61. The highest BCUT2D eigenvalue weighted by atomic mass is 35.5. The van der Waals surface area contributed by atoms with Crippen LogP contribution in [-0.2, 0) is 11.3 Å². The minimum absolute atomic E-state index is 0.221. The van der Waals surface area contributed by atoms with Crippen LogP contribution in [0.5, 0.6) is 11.5 Å². The summed E-state index contributed by atoms with van der Waals surface area (Å²) in [6, 6.07) is 15.2. The number of anilines is 2. The van der Waals surface area contributed by atoms with Gasteiger partial charge in [0.15, 0.2) is 18.1 Å². The molecule has 0 aliphatic carbocycles. The van der Waals surface area contributed by atoms with Crippen molar-refractivity contribution in [2.45, 2.75) is 27.3 Å². The number of methoxy groups -OCH3 is 1. The van der Waals surface area contributed by atoms with Crippen LogP contribution in [0.3, 0.4) is 0 Å². The second-order valence-electron chi connectivity index (χ2n) is 7.58. The van der Waals surface area contributed by atoms with Crippen LogP contribution in [-0.4, -0.2) is 19.6 Å². The molecule has 0 aliphatic heterocycles. The van der Waals surface area contributed by atoms with E-state index in [0.29, 0.717) is 33.8 Å². The molecule has 5 nitrogen and oxygen atoms in total. The minimum Gasteiger partial charge on any atom is -0.493 e. The van der Waals surface area contributed by atoms with Gasteiger partial charge in [-0.3, -0.25) is 4.79 Å². The number of benzene rings is 3. The van der Waals surface area contributed by atoms with Gasteiger partial charge in [0.25, 0.3) is 5.91 Å². The summed E-state index contributed by atoms with van der Waals surface area (Å²) in [7, 11) is 1.54. The highest BCUT2D eigenvalue weighted by Gasteiger charge is 2.14. The molecule has 0 aromatic heterocycles. The van der Waals surface area contributed by atoms with Crippen LogP contribution in [0.15, 0.2) is 48.5 Å². The van der Waals surface area contributed by atoms with Gasteiger partial charge in [-0.05, 0) is 73.4 Å². The number of nitrogens with one attached hydrogen (secondary N) is 2. The Kier molecular flexibility index (Phi) is 7.89. The largest absolute Gasteiger partial charge is 0.493 e. The van der Waals surface area contributed by atoms with Crippen LogP contribution in [0, 0.1) is 20.8 Å². The summed E-state index contributed by atoms with van der Waals surface area (Å²) in [5.74, 6) is 0.451. The van der Waals surface area contributed by atoms with Crippen molar-refractivity contribution in [3.05, 3.63) is 80.8 Å². The van der Waals surface area contributed by atoms with E-state index in [1.54, 1.807) is 18.2 Å². The molecule has 7 heteroatoms. The van der Waals surface area contributed by atoms with E-state index in [0.717, 1.165) is 22.4 Å². The molecular formula is C25H26Cl2N2O3. The Balaban J connectivity index is 1.66. The summed E-state index contributed by atoms with van der Waals surface area (Å²) in [6.45, 7) is 6.35. The number of amides is 1. The topological polar surface area (TPSA) is 59.6 Å². The van der Waals surface area contributed by atoms with E-state index in [1.807, 2.05) is 19.1 Å². The third-order valence-electron chi connectivity index (χ3n) is 4.97. The standard InChI is InChI=1S/C25H26Cl2N2O3/c1-15-5-6-17(3)22(9-15)28-13-18-10-21(27)25(23(11-18)31-4)32-14-24(30)29-19-8-7-16(2)20(26)12-19/h5-12,28H,13-14H2,1-4H3,(H,29,30). The van der Waals surface area contributed by atoms with E-state index in [9.17, 15) is 4.79 Å². The number of ether oxygens (including phenoxy) is 2. The first-order chi connectivity index (χ1) is 15.3. The third-order valence-corrected chi connectivity index (χ3v) is 5.66. The van der Waals surface area contributed by atoms with Gasteiger partial charge in [0.2, 0.25) is 0 Å². The van der Waals surface area contributed by atoms with Crippen LogP contribution in [0.1, 0.15) is 22.3 Å². The first-order valence-electron chi connectivity index (χ1n) is 10.1. The van der Waals surface area contributed by atoms with E-state index < -0.39 is 0 Å². The predicted octanol–water partition coefficient (Wildman–Crippen LogP) is 6.56. The van der Waals surface area contributed by atoms with Crippen molar-refractivity contribution in [3.63, 3.8) is 0 Å². The van der Waals surface area contributed by atoms with Crippen LogP contribution >= 0.6 is 23.2 Å². The van der Waals surface area contributed by atoms with Crippen LogP contribution in [0.2, 0.25) is 10.0 Å². The Morgan fingerprint density at radius 2 is 1.69 bits per heavy atom. The molecule has 3 aromatic rings. The molecule has 0 saturated carbocycles. The Labute approximate surface area is 198 Å². The maximum atomic E-state index is 12.3. The lowest BCUT2D eigenvalue weighted by Crippen LogP contribution is -2.20. The van der Waals surface area contributed by atoms with Crippen molar-refractivity contribution >= 4 is 40.5 Å². The molecule has 168 valence electrons. The number of halogens is 2. The molecule has 0 heterocycles. The smallest absolute Gasteiger partial charge is 0.262 e. The van der Waals surface area contributed by atoms with Gasteiger partial charge in [-0.2, -0.15) is 0 Å². The van der Waals surface area contributed by atoms with Crippen LogP contribution < -0.4 is 20.1 Å². The highest BCUT2D eigenvalue weighted by Crippen LogP contribution is 2.36. The maximum absolute atomic E-state index is 12.3. The SMILES string of the molecule is COc1cc(CNc2cc(C)ccc2C)cc(Cl)c1OCC(=O)Nc1ccc(C)c(Cl)c1. The molecule has 0 radical (unpaired) electrons. The summed E-state index contributed by atoms with van der Waals surface area (Å²) >= 11 is 12.6. The molecule has 0 fully saturated rings. The Morgan fingerprint density at radius 3 is 2.41 bits per heavy atom. The lowest BCUT2D eigenvalue weighted by molar-refractivity contribution is -0.118. The van der Waals surface area contributed by atoms with E-state index in [2.05, 4.69) is 42.7 Å². The van der Waals surface area contributed by atoms with Gasteiger partial charge in [0, 0.05) is 22.9 Å². The van der Waals surface area contributed by atoms with Gasteiger partial charge in [-0.15, -0.1) is 0 Å². The fourth-order valence-electron chi connectivity index (χ4n) is 3.14. The van der Waals surface area contributed by atoms with E-state index >= 15 is 0 Å². The summed E-state index contributed by atoms with van der Waals surface area (Å²) in [6.07, 6.45) is 0.